The van der Waals surface area contributed by atoms with Crippen LogP contribution in [0.15, 0.2) is 36.5 Å². The van der Waals surface area contributed by atoms with Crippen LogP contribution in [0.4, 0.5) is 0 Å². The molecule has 1 heterocycles. The summed E-state index contributed by atoms with van der Waals surface area (Å²) in [5, 5.41) is 17.8. The van der Waals surface area contributed by atoms with Gasteiger partial charge in [-0.15, -0.1) is 5.10 Å². The van der Waals surface area contributed by atoms with Crippen LogP contribution in [0.1, 0.15) is 13.3 Å². The molecule has 1 aromatic carbocycles. The van der Waals surface area contributed by atoms with Crippen molar-refractivity contribution >= 4 is 0 Å². The van der Waals surface area contributed by atoms with Crippen LogP contribution in [-0.2, 0) is 0 Å². The number of aromatic nitrogens is 3. The summed E-state index contributed by atoms with van der Waals surface area (Å²) in [5.41, 5.74) is 1.96. The summed E-state index contributed by atoms with van der Waals surface area (Å²) in [6.07, 6.45) is 2.40. The van der Waals surface area contributed by atoms with Crippen LogP contribution in [0.3, 0.4) is 0 Å². The molecular weight excluding hydrogens is 188 g/mol. The Bertz CT molecular complexity index is 400. The lowest BCUT2D eigenvalue weighted by Gasteiger charge is -1.90. The van der Waals surface area contributed by atoms with E-state index in [1.54, 1.807) is 6.20 Å². The SMILES string of the molecule is CCC#N.c1ccc(-c2c[nH]nn2)cc1. The van der Waals surface area contributed by atoms with Gasteiger partial charge in [0.15, 0.2) is 0 Å². The van der Waals surface area contributed by atoms with Crippen molar-refractivity contribution < 1.29 is 0 Å². The number of H-pyrrole nitrogens is 1. The molecule has 0 aliphatic rings. The van der Waals surface area contributed by atoms with Crippen molar-refractivity contribution in [1.29, 1.82) is 5.26 Å². The first-order valence-electron chi connectivity index (χ1n) is 4.67. The number of rotatable bonds is 1. The molecule has 0 amide bonds. The maximum Gasteiger partial charge on any atom is 0.112 e. The molecule has 2 aromatic rings. The minimum absolute atomic E-state index is 0.625. The molecule has 0 aliphatic heterocycles. The van der Waals surface area contributed by atoms with Crippen LogP contribution in [0.25, 0.3) is 11.3 Å². The molecule has 0 saturated carbocycles. The molecular formula is C11H12N4. The maximum atomic E-state index is 7.62. The van der Waals surface area contributed by atoms with Gasteiger partial charge in [-0.2, -0.15) is 5.26 Å². The van der Waals surface area contributed by atoms with Crippen LogP contribution in [0.2, 0.25) is 0 Å². The van der Waals surface area contributed by atoms with Gasteiger partial charge in [-0.3, -0.25) is 5.10 Å². The lowest BCUT2D eigenvalue weighted by Crippen LogP contribution is -1.75. The topological polar surface area (TPSA) is 65.4 Å². The molecule has 0 spiro atoms. The van der Waals surface area contributed by atoms with Crippen LogP contribution in [0, 0.1) is 11.3 Å². The minimum Gasteiger partial charge on any atom is -0.265 e. The Hall–Kier alpha value is -2.15. The predicted octanol–water partition coefficient (Wildman–Crippen LogP) is 2.39. The molecule has 2 rings (SSSR count). The summed E-state index contributed by atoms with van der Waals surface area (Å²) in [5.74, 6) is 0. The van der Waals surface area contributed by atoms with E-state index in [0.29, 0.717) is 6.42 Å². The first-order chi connectivity index (χ1) is 7.38. The van der Waals surface area contributed by atoms with E-state index in [2.05, 4.69) is 15.4 Å². The largest absolute Gasteiger partial charge is 0.265 e. The van der Waals surface area contributed by atoms with Gasteiger partial charge < -0.3 is 0 Å². The normalized spacial score (nSPS) is 8.53. The first kappa shape index (κ1) is 10.9. The van der Waals surface area contributed by atoms with E-state index < -0.39 is 0 Å². The lowest BCUT2D eigenvalue weighted by molar-refractivity contribution is 0.942. The van der Waals surface area contributed by atoms with Crippen LogP contribution < -0.4 is 0 Å². The van der Waals surface area contributed by atoms with Crippen LogP contribution in [-0.4, -0.2) is 15.4 Å². The molecule has 4 heteroatoms. The highest BCUT2D eigenvalue weighted by Gasteiger charge is 1.96. The van der Waals surface area contributed by atoms with Gasteiger partial charge in [0.2, 0.25) is 0 Å². The Morgan fingerprint density at radius 3 is 2.47 bits per heavy atom. The summed E-state index contributed by atoms with van der Waals surface area (Å²) < 4.78 is 0. The lowest BCUT2D eigenvalue weighted by atomic mass is 10.2. The fraction of sp³-hybridized carbons (Fsp3) is 0.182. The number of aromatic amines is 1. The van der Waals surface area contributed by atoms with Gasteiger partial charge >= 0.3 is 0 Å². The molecule has 0 fully saturated rings. The molecule has 0 radical (unpaired) electrons. The number of nitriles is 1. The van der Waals surface area contributed by atoms with Crippen LogP contribution in [0.5, 0.6) is 0 Å². The van der Waals surface area contributed by atoms with Crippen molar-refractivity contribution in [2.75, 3.05) is 0 Å². The fourth-order valence-electron chi connectivity index (χ4n) is 0.952. The number of benzene rings is 1. The fourth-order valence-corrected chi connectivity index (χ4v) is 0.952. The molecule has 4 nitrogen and oxygen atoms in total. The Balaban J connectivity index is 0.000000245. The quantitative estimate of drug-likeness (QED) is 0.768. The van der Waals surface area contributed by atoms with E-state index in [-0.39, 0.29) is 0 Å². The monoisotopic (exact) mass is 200 g/mol. The number of nitrogens with one attached hydrogen (secondary N) is 1. The summed E-state index contributed by atoms with van der Waals surface area (Å²) in [7, 11) is 0. The number of nitrogens with zero attached hydrogens (tertiary/aromatic N) is 3. The van der Waals surface area contributed by atoms with Crippen molar-refractivity contribution in [3.8, 4) is 17.3 Å². The van der Waals surface area contributed by atoms with Gasteiger partial charge in [-0.25, -0.2) is 0 Å². The standard InChI is InChI=1S/C8H7N3.C3H5N/c1-2-4-7(5-3-1)8-6-9-11-10-8;1-2-3-4/h1-6H,(H,9,10,11);2H2,1H3. The average Bonchev–Trinajstić information content (AvgIpc) is 2.84. The third-order valence-electron chi connectivity index (χ3n) is 1.64. The highest BCUT2D eigenvalue weighted by atomic mass is 15.3. The second-order valence-electron chi connectivity index (χ2n) is 2.74. The smallest absolute Gasteiger partial charge is 0.112 e. The molecule has 0 saturated heterocycles. The van der Waals surface area contributed by atoms with Gasteiger partial charge in [0, 0.05) is 18.2 Å². The van der Waals surface area contributed by atoms with Gasteiger partial charge in [0.25, 0.3) is 0 Å². The Kier molecular flexibility index (Phi) is 4.61. The number of hydrogen-bond donors (Lipinski definition) is 1. The Morgan fingerprint density at radius 1 is 1.33 bits per heavy atom. The van der Waals surface area contributed by atoms with Crippen molar-refractivity contribution in [1.82, 2.24) is 15.4 Å². The number of hydrogen-bond acceptors (Lipinski definition) is 3. The maximum absolute atomic E-state index is 7.62. The molecule has 0 unspecified atom stereocenters. The van der Waals surface area contributed by atoms with E-state index in [1.807, 2.05) is 43.3 Å². The summed E-state index contributed by atoms with van der Waals surface area (Å²) in [4.78, 5) is 0. The summed E-state index contributed by atoms with van der Waals surface area (Å²) in [6.45, 7) is 1.82. The van der Waals surface area contributed by atoms with Gasteiger partial charge in [-0.05, 0) is 0 Å². The van der Waals surface area contributed by atoms with Crippen LogP contribution >= 0.6 is 0 Å². The second kappa shape index (κ2) is 6.33. The summed E-state index contributed by atoms with van der Waals surface area (Å²) >= 11 is 0. The van der Waals surface area contributed by atoms with Gasteiger partial charge in [-0.1, -0.05) is 42.5 Å². The third kappa shape index (κ3) is 3.61. The molecule has 1 N–H and O–H groups in total. The minimum atomic E-state index is 0.625. The van der Waals surface area contributed by atoms with Gasteiger partial charge in [0.1, 0.15) is 5.69 Å². The zero-order valence-electron chi connectivity index (χ0n) is 8.51. The molecule has 76 valence electrons. The average molecular weight is 200 g/mol. The Morgan fingerprint density at radius 2 is 2.00 bits per heavy atom. The molecule has 15 heavy (non-hydrogen) atoms. The molecule has 0 atom stereocenters. The highest BCUT2D eigenvalue weighted by molar-refractivity contribution is 5.56. The molecule has 0 bridgehead atoms. The highest BCUT2D eigenvalue weighted by Crippen LogP contribution is 2.12. The van der Waals surface area contributed by atoms with E-state index in [1.165, 1.54) is 0 Å². The van der Waals surface area contributed by atoms with Gasteiger partial charge in [0.05, 0.1) is 6.07 Å². The van der Waals surface area contributed by atoms with E-state index in [4.69, 9.17) is 5.26 Å². The van der Waals surface area contributed by atoms with E-state index >= 15 is 0 Å². The van der Waals surface area contributed by atoms with E-state index in [0.717, 1.165) is 11.3 Å². The zero-order valence-corrected chi connectivity index (χ0v) is 8.51. The van der Waals surface area contributed by atoms with Crippen molar-refractivity contribution in [3.63, 3.8) is 0 Å². The van der Waals surface area contributed by atoms with Crippen molar-refractivity contribution in [3.05, 3.63) is 36.5 Å². The molecule has 1 aromatic heterocycles. The molecule has 0 aliphatic carbocycles. The first-order valence-corrected chi connectivity index (χ1v) is 4.67. The summed E-state index contributed by atoms with van der Waals surface area (Å²) in [6, 6.07) is 11.9. The Labute approximate surface area is 88.6 Å². The third-order valence-corrected chi connectivity index (χ3v) is 1.64. The van der Waals surface area contributed by atoms with Crippen molar-refractivity contribution in [2.24, 2.45) is 0 Å². The van der Waals surface area contributed by atoms with Crippen molar-refractivity contribution in [2.45, 2.75) is 13.3 Å². The predicted molar refractivity (Wildman–Crippen MR) is 57.7 cm³/mol. The zero-order chi connectivity index (χ0) is 10.9. The van der Waals surface area contributed by atoms with E-state index in [9.17, 15) is 0 Å². The second-order valence-corrected chi connectivity index (χ2v) is 2.74.